The van der Waals surface area contributed by atoms with Crippen LogP contribution in [0.15, 0.2) is 47.4 Å². The molecule has 0 unspecified atom stereocenters. The Balaban J connectivity index is 2.02. The topological polar surface area (TPSA) is 133 Å². The Labute approximate surface area is 174 Å². The number of anilines is 1. The molecule has 30 heavy (non-hydrogen) atoms. The van der Waals surface area contributed by atoms with Crippen LogP contribution in [0.2, 0.25) is 0 Å². The number of nitrogens with one attached hydrogen (secondary N) is 1. The first kappa shape index (κ1) is 23.0. The molecule has 1 atom stereocenters. The van der Waals surface area contributed by atoms with Gasteiger partial charge in [-0.25, -0.2) is 13.2 Å². The number of nitro benzene ring substituents is 1. The van der Waals surface area contributed by atoms with E-state index in [-0.39, 0.29) is 5.56 Å². The molecule has 2 aromatic carbocycles. The molecule has 0 saturated heterocycles. The van der Waals surface area contributed by atoms with Crippen molar-refractivity contribution in [3.05, 3.63) is 63.7 Å². The number of hydrogen-bond acceptors (Lipinski definition) is 7. The molecule has 0 aromatic heterocycles. The van der Waals surface area contributed by atoms with Gasteiger partial charge in [0.1, 0.15) is 4.90 Å². The van der Waals surface area contributed by atoms with Gasteiger partial charge in [0.05, 0.1) is 10.5 Å². The summed E-state index contributed by atoms with van der Waals surface area (Å²) in [6, 6.07) is 10.2. The Kier molecular flexibility index (Phi) is 7.28. The van der Waals surface area contributed by atoms with E-state index in [1.807, 2.05) is 12.1 Å². The van der Waals surface area contributed by atoms with E-state index in [4.69, 9.17) is 4.74 Å². The van der Waals surface area contributed by atoms with Crippen molar-refractivity contribution in [2.24, 2.45) is 0 Å². The summed E-state index contributed by atoms with van der Waals surface area (Å²) < 4.78 is 28.1. The van der Waals surface area contributed by atoms with Gasteiger partial charge >= 0.3 is 5.97 Å². The molecule has 1 N–H and O–H groups in total. The van der Waals surface area contributed by atoms with E-state index >= 15 is 0 Å². The molecule has 0 saturated carbocycles. The van der Waals surface area contributed by atoms with Gasteiger partial charge in [-0.1, -0.05) is 26.0 Å². The number of carbonyl (C=O) groups excluding carboxylic acids is 2. The van der Waals surface area contributed by atoms with Crippen LogP contribution >= 0.6 is 0 Å². The van der Waals surface area contributed by atoms with E-state index in [2.05, 4.69) is 19.2 Å². The molecule has 1 amide bonds. The van der Waals surface area contributed by atoms with Crippen molar-refractivity contribution in [3.63, 3.8) is 0 Å². The monoisotopic (exact) mass is 434 g/mol. The lowest BCUT2D eigenvalue weighted by Crippen LogP contribution is -2.21. The van der Waals surface area contributed by atoms with Crippen LogP contribution in [0.3, 0.4) is 0 Å². The van der Waals surface area contributed by atoms with Crippen LogP contribution in [0.5, 0.6) is 0 Å². The van der Waals surface area contributed by atoms with Crippen LogP contribution in [-0.2, 0) is 19.4 Å². The zero-order valence-electron chi connectivity index (χ0n) is 16.7. The summed E-state index contributed by atoms with van der Waals surface area (Å²) in [5.74, 6) is -1.17. The molecule has 0 bridgehead atoms. The van der Waals surface area contributed by atoms with Crippen molar-refractivity contribution in [2.45, 2.75) is 31.1 Å². The van der Waals surface area contributed by atoms with Gasteiger partial charge in [0.25, 0.3) is 11.6 Å². The maximum Gasteiger partial charge on any atom is 0.338 e. The van der Waals surface area contributed by atoms with Gasteiger partial charge in [-0.3, -0.25) is 14.9 Å². The summed E-state index contributed by atoms with van der Waals surface area (Å²) in [5, 5.41) is 13.7. The number of nitrogens with zero attached hydrogens (tertiary/aromatic N) is 1. The first-order chi connectivity index (χ1) is 14.0. The average molecular weight is 434 g/mol. The predicted octanol–water partition coefficient (Wildman–Crippen LogP) is 3.31. The van der Waals surface area contributed by atoms with Gasteiger partial charge < -0.3 is 10.1 Å². The van der Waals surface area contributed by atoms with E-state index in [9.17, 15) is 28.1 Å². The van der Waals surface area contributed by atoms with Crippen molar-refractivity contribution in [2.75, 3.05) is 18.2 Å². The third-order valence-corrected chi connectivity index (χ3v) is 5.65. The van der Waals surface area contributed by atoms with Crippen LogP contribution < -0.4 is 5.32 Å². The van der Waals surface area contributed by atoms with Gasteiger partial charge in [0.15, 0.2) is 16.4 Å². The van der Waals surface area contributed by atoms with Gasteiger partial charge in [-0.05, 0) is 42.2 Å². The highest BCUT2D eigenvalue weighted by molar-refractivity contribution is 7.90. The number of benzene rings is 2. The van der Waals surface area contributed by atoms with Crippen LogP contribution in [0.1, 0.15) is 42.1 Å². The summed E-state index contributed by atoms with van der Waals surface area (Å²) in [6.07, 6.45) is 1.82. The summed E-state index contributed by atoms with van der Waals surface area (Å²) in [5.41, 5.74) is 0.704. The van der Waals surface area contributed by atoms with Crippen molar-refractivity contribution in [3.8, 4) is 0 Å². The number of esters is 1. The van der Waals surface area contributed by atoms with Gasteiger partial charge in [-0.15, -0.1) is 0 Å². The number of rotatable bonds is 8. The Morgan fingerprint density at radius 3 is 2.33 bits per heavy atom. The molecule has 0 aliphatic rings. The fourth-order valence-corrected chi connectivity index (χ4v) is 3.47. The highest BCUT2D eigenvalue weighted by Crippen LogP contribution is 2.25. The highest BCUT2D eigenvalue weighted by atomic mass is 32.2. The number of sulfone groups is 1. The molecule has 0 aliphatic heterocycles. The number of hydrogen-bond donors (Lipinski definition) is 1. The predicted molar refractivity (Wildman–Crippen MR) is 110 cm³/mol. The van der Waals surface area contributed by atoms with Crippen molar-refractivity contribution >= 4 is 33.1 Å². The molecule has 9 nitrogen and oxygen atoms in total. The molecule has 160 valence electrons. The summed E-state index contributed by atoms with van der Waals surface area (Å²) in [4.78, 5) is 33.8. The maximum absolute atomic E-state index is 12.1. The van der Waals surface area contributed by atoms with E-state index in [1.54, 1.807) is 12.1 Å². The minimum absolute atomic E-state index is 0.236. The van der Waals surface area contributed by atoms with Crippen LogP contribution in [-0.4, -0.2) is 38.1 Å². The van der Waals surface area contributed by atoms with Crippen molar-refractivity contribution in [1.29, 1.82) is 0 Å². The maximum atomic E-state index is 12.1. The van der Waals surface area contributed by atoms with Crippen LogP contribution in [0, 0.1) is 10.1 Å². The summed E-state index contributed by atoms with van der Waals surface area (Å²) in [6.45, 7) is 3.57. The highest BCUT2D eigenvalue weighted by Gasteiger charge is 2.24. The lowest BCUT2D eigenvalue weighted by atomic mass is 9.99. The fourth-order valence-electron chi connectivity index (χ4n) is 2.64. The second-order valence-electron chi connectivity index (χ2n) is 6.77. The standard InChI is InChI=1S/C20H22N2O7S/c1-4-13(2)14-5-8-16(9-6-14)21-19(23)12-29-20(24)15-7-10-18(30(3,27)28)17(11-15)22(25)26/h5-11,13H,4,12H2,1-3H3,(H,21,23)/t13-/m1/s1. The second kappa shape index (κ2) is 9.49. The van der Waals surface area contributed by atoms with Crippen molar-refractivity contribution in [1.82, 2.24) is 0 Å². The molecule has 0 aliphatic carbocycles. The van der Waals surface area contributed by atoms with Crippen LogP contribution in [0.4, 0.5) is 11.4 Å². The molecular weight excluding hydrogens is 412 g/mol. The fraction of sp³-hybridized carbons (Fsp3) is 0.300. The smallest absolute Gasteiger partial charge is 0.338 e. The normalized spacial score (nSPS) is 12.1. The minimum Gasteiger partial charge on any atom is -0.452 e. The zero-order valence-corrected chi connectivity index (χ0v) is 17.6. The average Bonchev–Trinajstić information content (AvgIpc) is 2.70. The number of ether oxygens (including phenoxy) is 1. The summed E-state index contributed by atoms with van der Waals surface area (Å²) >= 11 is 0. The number of nitro groups is 1. The van der Waals surface area contributed by atoms with Gasteiger partial charge in [0, 0.05) is 18.0 Å². The third-order valence-electron chi connectivity index (χ3n) is 4.50. The van der Waals surface area contributed by atoms with E-state index in [0.29, 0.717) is 11.6 Å². The third kappa shape index (κ3) is 5.86. The van der Waals surface area contributed by atoms with Crippen molar-refractivity contribution < 1.29 is 27.7 Å². The quantitative estimate of drug-likeness (QED) is 0.383. The van der Waals surface area contributed by atoms with Crippen LogP contribution in [0.25, 0.3) is 0 Å². The molecular formula is C20H22N2O7S. The van der Waals surface area contributed by atoms with E-state index in [0.717, 1.165) is 36.4 Å². The Hall–Kier alpha value is -3.27. The summed E-state index contributed by atoms with van der Waals surface area (Å²) in [7, 11) is -3.85. The lowest BCUT2D eigenvalue weighted by Gasteiger charge is -2.11. The molecule has 10 heteroatoms. The SMILES string of the molecule is CC[C@@H](C)c1ccc(NC(=O)COC(=O)c2ccc(S(C)(=O)=O)c([N+](=O)[O-])c2)cc1. The van der Waals surface area contributed by atoms with E-state index in [1.165, 1.54) is 0 Å². The molecule has 2 rings (SSSR count). The Morgan fingerprint density at radius 2 is 1.80 bits per heavy atom. The lowest BCUT2D eigenvalue weighted by molar-refractivity contribution is -0.387. The molecule has 0 fully saturated rings. The number of amides is 1. The number of carbonyl (C=O) groups is 2. The Morgan fingerprint density at radius 1 is 1.17 bits per heavy atom. The first-order valence-electron chi connectivity index (χ1n) is 9.08. The molecule has 0 radical (unpaired) electrons. The van der Waals surface area contributed by atoms with Gasteiger partial charge in [-0.2, -0.15) is 0 Å². The largest absolute Gasteiger partial charge is 0.452 e. The zero-order chi connectivity index (χ0) is 22.5. The minimum atomic E-state index is -3.85. The first-order valence-corrected chi connectivity index (χ1v) is 11.0. The van der Waals surface area contributed by atoms with E-state index < -0.39 is 43.8 Å². The molecule has 0 heterocycles. The second-order valence-corrected chi connectivity index (χ2v) is 8.75. The Bertz CT molecular complexity index is 1060. The molecule has 0 spiro atoms. The molecule has 2 aromatic rings. The van der Waals surface area contributed by atoms with Gasteiger partial charge in [0.2, 0.25) is 0 Å².